The van der Waals surface area contributed by atoms with Gasteiger partial charge in [0.15, 0.2) is 0 Å². The third kappa shape index (κ3) is 2.43. The molecule has 0 aromatic heterocycles. The Balaban J connectivity index is 3.22. The molecule has 1 rings (SSSR count). The molecule has 1 N–H and O–H groups in total. The fourth-order valence-electron chi connectivity index (χ4n) is 2.06. The molecule has 1 nitrogen and oxygen atoms in total. The van der Waals surface area contributed by atoms with Gasteiger partial charge in [-0.05, 0) is 0 Å². The molecule has 0 heterocycles. The summed E-state index contributed by atoms with van der Waals surface area (Å²) in [6.45, 7) is 4.71. The van der Waals surface area contributed by atoms with Gasteiger partial charge in [0.1, 0.15) is 0 Å². The molecule has 0 fully saturated rings. The van der Waals surface area contributed by atoms with Crippen molar-refractivity contribution >= 4 is 26.1 Å². The van der Waals surface area contributed by atoms with Crippen LogP contribution in [-0.2, 0) is 0 Å². The van der Waals surface area contributed by atoms with Crippen molar-refractivity contribution < 1.29 is 5.11 Å². The van der Waals surface area contributed by atoms with Crippen molar-refractivity contribution in [2.45, 2.75) is 13.8 Å². The average molecular weight is 291 g/mol. The van der Waals surface area contributed by atoms with E-state index in [9.17, 15) is 5.11 Å². The van der Waals surface area contributed by atoms with Crippen LogP contribution in [-0.4, -0.2) is 30.2 Å². The molecule has 0 aliphatic heterocycles. The first kappa shape index (κ1) is 13.2. The Kier molecular flexibility index (Phi) is 4.34. The van der Waals surface area contributed by atoms with Crippen LogP contribution >= 0.6 is 20.8 Å². The molecule has 0 bridgehead atoms. The van der Waals surface area contributed by atoms with Crippen molar-refractivity contribution in [3.63, 3.8) is 0 Å². The summed E-state index contributed by atoms with van der Waals surface area (Å²) in [6.07, 6.45) is 3.09. The van der Waals surface area contributed by atoms with Crippen LogP contribution in [0.4, 0.5) is 0 Å². The molecule has 1 aromatic rings. The Hall–Kier alpha value is 0.0900. The van der Waals surface area contributed by atoms with Gasteiger partial charge in [-0.3, -0.25) is 0 Å². The molecule has 0 unspecified atom stereocenters. The van der Waals surface area contributed by atoms with Crippen LogP contribution in [0.5, 0.6) is 0 Å². The van der Waals surface area contributed by atoms with Crippen LogP contribution in [0.1, 0.15) is 13.8 Å². The zero-order valence-corrected chi connectivity index (χ0v) is 12.0. The molecule has 0 saturated heterocycles. The van der Waals surface area contributed by atoms with E-state index in [-0.39, 0.29) is 6.61 Å². The van der Waals surface area contributed by atoms with E-state index in [1.165, 1.54) is 5.30 Å². The van der Waals surface area contributed by atoms with Gasteiger partial charge in [0, 0.05) is 0 Å². The fraction of sp³-hybridized carbons (Fsp3) is 0.500. The molecule has 0 atom stereocenters. The van der Waals surface area contributed by atoms with Gasteiger partial charge in [0.2, 0.25) is 0 Å². The van der Waals surface area contributed by atoms with Gasteiger partial charge in [-0.1, -0.05) is 0 Å². The van der Waals surface area contributed by atoms with Gasteiger partial charge in [0.25, 0.3) is 0 Å². The number of halogens is 1. The van der Waals surface area contributed by atoms with E-state index in [1.807, 2.05) is 6.07 Å². The normalized spacial score (nSPS) is 14.5. The Morgan fingerprint density at radius 2 is 1.67 bits per heavy atom. The molecule has 0 radical (unpaired) electrons. The molecule has 15 heavy (non-hydrogen) atoms. The summed E-state index contributed by atoms with van der Waals surface area (Å²) in [5, 5.41) is 8.65. The second kappa shape index (κ2) is 4.95. The predicted octanol–water partition coefficient (Wildman–Crippen LogP) is 3.21. The first-order valence-electron chi connectivity index (χ1n) is 5.48. The van der Waals surface area contributed by atoms with Gasteiger partial charge in [-0.25, -0.2) is 0 Å². The molecule has 0 aliphatic rings. The maximum atomic E-state index is 9.29. The summed E-state index contributed by atoms with van der Waals surface area (Å²) in [5.74, 6) is 0. The molecule has 0 aliphatic carbocycles. The second-order valence-corrected chi connectivity index (χ2v) is 15.0. The summed E-state index contributed by atoms with van der Waals surface area (Å²) in [6, 6.07) is 10.6. The van der Waals surface area contributed by atoms with E-state index in [0.717, 1.165) is 18.5 Å². The minimum absolute atomic E-state index is 0.264. The summed E-state index contributed by atoms with van der Waals surface area (Å²) in [5.41, 5.74) is 0. The summed E-state index contributed by atoms with van der Waals surface area (Å²) >= 11 is 4.03. The van der Waals surface area contributed by atoms with Crippen molar-refractivity contribution in [3.05, 3.63) is 30.3 Å². The third-order valence-corrected chi connectivity index (χ3v) is 14.5. The van der Waals surface area contributed by atoms with E-state index in [0.29, 0.717) is 0 Å². The number of rotatable bonds is 5. The maximum absolute atomic E-state index is 9.29. The summed E-state index contributed by atoms with van der Waals surface area (Å²) in [7, 11) is 0. The minimum atomic E-state index is -2.04. The van der Waals surface area contributed by atoms with Gasteiger partial charge in [0.05, 0.1) is 0 Å². The molecular formula is C12H20BrOP. The van der Waals surface area contributed by atoms with E-state index >= 15 is 0 Å². The zero-order chi connectivity index (χ0) is 11.4. The number of benzene rings is 1. The van der Waals surface area contributed by atoms with Gasteiger partial charge in [-0.2, -0.15) is 0 Å². The Morgan fingerprint density at radius 3 is 2.07 bits per heavy atom. The predicted molar refractivity (Wildman–Crippen MR) is 75.0 cm³/mol. The van der Waals surface area contributed by atoms with E-state index in [4.69, 9.17) is 0 Å². The molecule has 86 valence electrons. The fourth-order valence-corrected chi connectivity index (χ4v) is 6.69. The van der Waals surface area contributed by atoms with Gasteiger partial charge < -0.3 is 0 Å². The van der Waals surface area contributed by atoms with Crippen molar-refractivity contribution in [1.29, 1.82) is 0 Å². The van der Waals surface area contributed by atoms with Crippen LogP contribution in [0.25, 0.3) is 0 Å². The van der Waals surface area contributed by atoms with Crippen LogP contribution in [0, 0.1) is 0 Å². The monoisotopic (exact) mass is 290 g/mol. The summed E-state index contributed by atoms with van der Waals surface area (Å²) in [4.78, 5) is 0. The van der Waals surface area contributed by atoms with E-state index in [2.05, 4.69) is 53.6 Å². The molecule has 0 spiro atoms. The van der Waals surface area contributed by atoms with Gasteiger partial charge >= 0.3 is 100 Å². The van der Waals surface area contributed by atoms with E-state index in [1.54, 1.807) is 0 Å². The topological polar surface area (TPSA) is 20.2 Å². The SMILES string of the molecule is CCP(Br)(CC)(CCO)c1ccccc1. The first-order chi connectivity index (χ1) is 7.09. The number of aliphatic hydroxyl groups is 1. The van der Waals surface area contributed by atoms with Crippen LogP contribution in [0.15, 0.2) is 30.3 Å². The average Bonchev–Trinajstić information content (AvgIpc) is 2.31. The molecule has 0 saturated carbocycles. The number of aliphatic hydroxyl groups excluding tert-OH is 1. The zero-order valence-electron chi connectivity index (χ0n) is 9.49. The Morgan fingerprint density at radius 1 is 1.13 bits per heavy atom. The van der Waals surface area contributed by atoms with Crippen LogP contribution < -0.4 is 5.30 Å². The Bertz CT molecular complexity index is 309. The number of hydrogen-bond donors (Lipinski definition) is 1. The standard InChI is InChI=1S/C12H20BrOP/c1-3-15(13,4-2,11-10-14)12-8-6-5-7-9-12/h5-9,14H,3-4,10-11H2,1-2H3. The molecule has 1 aromatic carbocycles. The quantitative estimate of drug-likeness (QED) is 0.826. The van der Waals surface area contributed by atoms with Crippen LogP contribution in [0.3, 0.4) is 0 Å². The van der Waals surface area contributed by atoms with Gasteiger partial charge in [-0.15, -0.1) is 0 Å². The number of hydrogen-bond acceptors (Lipinski definition) is 1. The Labute approximate surface area is 101 Å². The molecular weight excluding hydrogens is 271 g/mol. The van der Waals surface area contributed by atoms with Crippen molar-refractivity contribution in [2.24, 2.45) is 0 Å². The second-order valence-electron chi connectivity index (χ2n) is 4.00. The first-order valence-corrected chi connectivity index (χ1v) is 10.3. The van der Waals surface area contributed by atoms with Crippen LogP contribution in [0.2, 0.25) is 0 Å². The molecule has 0 amide bonds. The van der Waals surface area contributed by atoms with Crippen molar-refractivity contribution in [3.8, 4) is 0 Å². The van der Waals surface area contributed by atoms with Crippen molar-refractivity contribution in [1.82, 2.24) is 0 Å². The molecule has 3 heteroatoms. The van der Waals surface area contributed by atoms with Crippen molar-refractivity contribution in [2.75, 3.05) is 25.1 Å². The van der Waals surface area contributed by atoms with E-state index < -0.39 is 5.31 Å². The summed E-state index contributed by atoms with van der Waals surface area (Å²) < 4.78 is 0. The third-order valence-electron chi connectivity index (χ3n) is 3.46.